The van der Waals surface area contributed by atoms with E-state index in [-0.39, 0.29) is 10.6 Å². The van der Waals surface area contributed by atoms with Crippen LogP contribution < -0.4 is 4.18 Å². The molecule has 0 amide bonds. The average molecular weight is 363 g/mol. The molecule has 0 aliphatic rings. The SMILES string of the molecule is COC(=O)c1ccc(Cl)c(S(=O)(=O)Oc2ccc(F)cc2F)c1. The van der Waals surface area contributed by atoms with Gasteiger partial charge in [-0.05, 0) is 30.3 Å². The maximum atomic E-state index is 13.5. The Balaban J connectivity index is 2.45. The van der Waals surface area contributed by atoms with Gasteiger partial charge >= 0.3 is 16.1 Å². The third kappa shape index (κ3) is 3.77. The molecule has 0 heterocycles. The van der Waals surface area contributed by atoms with Gasteiger partial charge in [0.05, 0.1) is 17.7 Å². The molecule has 0 aliphatic carbocycles. The van der Waals surface area contributed by atoms with E-state index in [0.29, 0.717) is 6.07 Å². The number of hydrogen-bond donors (Lipinski definition) is 0. The summed E-state index contributed by atoms with van der Waals surface area (Å²) < 4.78 is 59.9. The summed E-state index contributed by atoms with van der Waals surface area (Å²) in [7, 11) is -3.43. The summed E-state index contributed by atoms with van der Waals surface area (Å²) in [6.07, 6.45) is 0. The van der Waals surface area contributed by atoms with Crippen molar-refractivity contribution < 1.29 is 30.9 Å². The summed E-state index contributed by atoms with van der Waals surface area (Å²) in [6.45, 7) is 0. The van der Waals surface area contributed by atoms with Crippen LogP contribution in [0.2, 0.25) is 5.02 Å². The van der Waals surface area contributed by atoms with Crippen molar-refractivity contribution in [2.45, 2.75) is 4.90 Å². The molecular formula is C14H9ClF2O5S. The maximum absolute atomic E-state index is 13.5. The van der Waals surface area contributed by atoms with Gasteiger partial charge in [-0.2, -0.15) is 8.42 Å². The number of rotatable bonds is 4. The van der Waals surface area contributed by atoms with Gasteiger partial charge in [-0.25, -0.2) is 13.6 Å². The third-order valence-electron chi connectivity index (χ3n) is 2.72. The molecule has 23 heavy (non-hydrogen) atoms. The van der Waals surface area contributed by atoms with Gasteiger partial charge in [0.15, 0.2) is 11.6 Å². The number of esters is 1. The number of hydrogen-bond acceptors (Lipinski definition) is 5. The lowest BCUT2D eigenvalue weighted by atomic mass is 10.2. The van der Waals surface area contributed by atoms with E-state index >= 15 is 0 Å². The number of carbonyl (C=O) groups is 1. The van der Waals surface area contributed by atoms with E-state index in [4.69, 9.17) is 11.6 Å². The van der Waals surface area contributed by atoms with E-state index in [1.54, 1.807) is 0 Å². The lowest BCUT2D eigenvalue weighted by molar-refractivity contribution is 0.0600. The fourth-order valence-electron chi connectivity index (χ4n) is 1.65. The second kappa shape index (κ2) is 6.51. The minimum absolute atomic E-state index is 0.0846. The largest absolute Gasteiger partial charge is 0.465 e. The van der Waals surface area contributed by atoms with Crippen molar-refractivity contribution in [3.8, 4) is 5.75 Å². The third-order valence-corrected chi connectivity index (χ3v) is 4.43. The lowest BCUT2D eigenvalue weighted by Crippen LogP contribution is -2.13. The summed E-state index contributed by atoms with van der Waals surface area (Å²) in [5, 5.41) is -0.236. The van der Waals surface area contributed by atoms with Crippen molar-refractivity contribution in [3.63, 3.8) is 0 Å². The predicted molar refractivity (Wildman–Crippen MR) is 77.0 cm³/mol. The van der Waals surface area contributed by atoms with Crippen molar-refractivity contribution >= 4 is 27.7 Å². The molecule has 2 aromatic carbocycles. The molecule has 0 aliphatic heterocycles. The number of carbonyl (C=O) groups excluding carboxylic acids is 1. The zero-order chi connectivity index (χ0) is 17.2. The van der Waals surface area contributed by atoms with Crippen LogP contribution in [0.25, 0.3) is 0 Å². The molecule has 0 saturated heterocycles. The van der Waals surface area contributed by atoms with Crippen LogP contribution in [0, 0.1) is 11.6 Å². The molecule has 0 saturated carbocycles. The van der Waals surface area contributed by atoms with Gasteiger partial charge in [0.2, 0.25) is 0 Å². The Morgan fingerprint density at radius 2 is 1.83 bits per heavy atom. The van der Waals surface area contributed by atoms with Gasteiger partial charge in [-0.3, -0.25) is 0 Å². The van der Waals surface area contributed by atoms with Crippen LogP contribution in [0.3, 0.4) is 0 Å². The average Bonchev–Trinajstić information content (AvgIpc) is 2.49. The number of benzene rings is 2. The first kappa shape index (κ1) is 17.2. The Labute approximate surface area is 135 Å². The fourth-order valence-corrected chi connectivity index (χ4v) is 3.09. The minimum atomic E-state index is -4.55. The van der Waals surface area contributed by atoms with Crippen molar-refractivity contribution in [1.82, 2.24) is 0 Å². The first-order valence-electron chi connectivity index (χ1n) is 6.02. The minimum Gasteiger partial charge on any atom is -0.465 e. The Morgan fingerprint density at radius 1 is 1.13 bits per heavy atom. The topological polar surface area (TPSA) is 69.7 Å². The summed E-state index contributed by atoms with van der Waals surface area (Å²) in [5.74, 6) is -3.58. The molecular weight excluding hydrogens is 354 g/mol. The highest BCUT2D eigenvalue weighted by molar-refractivity contribution is 7.87. The second-order valence-corrected chi connectivity index (χ2v) is 6.17. The predicted octanol–water partition coefficient (Wildman–Crippen LogP) is 3.17. The van der Waals surface area contributed by atoms with Crippen molar-refractivity contribution in [2.24, 2.45) is 0 Å². The normalized spacial score (nSPS) is 11.1. The van der Waals surface area contributed by atoms with Crippen LogP contribution in [-0.4, -0.2) is 21.5 Å². The highest BCUT2D eigenvalue weighted by Gasteiger charge is 2.24. The van der Waals surface area contributed by atoms with E-state index in [2.05, 4.69) is 8.92 Å². The smallest absolute Gasteiger partial charge is 0.340 e. The van der Waals surface area contributed by atoms with E-state index in [9.17, 15) is 22.0 Å². The standard InChI is InChI=1S/C14H9ClF2O5S/c1-21-14(18)8-2-4-10(15)13(6-8)23(19,20)22-12-5-3-9(16)7-11(12)17/h2-7H,1H3. The summed E-state index contributed by atoms with van der Waals surface area (Å²) in [4.78, 5) is 10.9. The quantitative estimate of drug-likeness (QED) is 0.617. The van der Waals surface area contributed by atoms with E-state index in [0.717, 1.165) is 31.4 Å². The number of methoxy groups -OCH3 is 1. The summed E-state index contributed by atoms with van der Waals surface area (Å²) >= 11 is 5.79. The molecule has 0 unspecified atom stereocenters. The molecule has 0 fully saturated rings. The highest BCUT2D eigenvalue weighted by atomic mass is 35.5. The number of halogens is 3. The molecule has 0 aromatic heterocycles. The molecule has 0 N–H and O–H groups in total. The molecule has 0 radical (unpaired) electrons. The van der Waals surface area contributed by atoms with Gasteiger partial charge < -0.3 is 8.92 Å². The monoisotopic (exact) mass is 362 g/mol. The molecule has 0 spiro atoms. The van der Waals surface area contributed by atoms with Crippen molar-refractivity contribution in [1.29, 1.82) is 0 Å². The van der Waals surface area contributed by atoms with E-state index < -0.39 is 38.4 Å². The van der Waals surface area contributed by atoms with Gasteiger partial charge in [-0.1, -0.05) is 11.6 Å². The first-order chi connectivity index (χ1) is 10.7. The second-order valence-electron chi connectivity index (χ2n) is 4.25. The van der Waals surface area contributed by atoms with Crippen LogP contribution in [-0.2, 0) is 14.9 Å². The Hall–Kier alpha value is -2.19. The van der Waals surface area contributed by atoms with Gasteiger partial charge in [-0.15, -0.1) is 0 Å². The Kier molecular flexibility index (Phi) is 4.86. The van der Waals surface area contributed by atoms with Crippen LogP contribution in [0.15, 0.2) is 41.3 Å². The van der Waals surface area contributed by atoms with Gasteiger partial charge in [0.25, 0.3) is 0 Å². The number of ether oxygens (including phenoxy) is 1. The van der Waals surface area contributed by atoms with Gasteiger partial charge in [0.1, 0.15) is 10.7 Å². The Morgan fingerprint density at radius 3 is 2.43 bits per heavy atom. The fraction of sp³-hybridized carbons (Fsp3) is 0.0714. The summed E-state index contributed by atoms with van der Waals surface area (Å²) in [6, 6.07) is 5.47. The molecule has 0 bridgehead atoms. The van der Waals surface area contributed by atoms with Crippen molar-refractivity contribution in [3.05, 3.63) is 58.6 Å². The molecule has 122 valence electrons. The molecule has 2 aromatic rings. The zero-order valence-electron chi connectivity index (χ0n) is 11.5. The first-order valence-corrected chi connectivity index (χ1v) is 7.80. The van der Waals surface area contributed by atoms with E-state index in [1.807, 2.05) is 0 Å². The highest BCUT2D eigenvalue weighted by Crippen LogP contribution is 2.28. The van der Waals surface area contributed by atoms with Crippen LogP contribution in [0.4, 0.5) is 8.78 Å². The van der Waals surface area contributed by atoms with Crippen LogP contribution in [0.5, 0.6) is 5.75 Å². The van der Waals surface area contributed by atoms with Gasteiger partial charge in [0, 0.05) is 6.07 Å². The molecule has 0 atom stereocenters. The summed E-state index contributed by atoms with van der Waals surface area (Å²) in [5.41, 5.74) is -0.0846. The lowest BCUT2D eigenvalue weighted by Gasteiger charge is -2.10. The Bertz CT molecular complexity index is 867. The maximum Gasteiger partial charge on any atom is 0.340 e. The van der Waals surface area contributed by atoms with E-state index in [1.165, 1.54) is 6.07 Å². The molecule has 2 rings (SSSR count). The molecule has 9 heteroatoms. The van der Waals surface area contributed by atoms with Crippen molar-refractivity contribution in [2.75, 3.05) is 7.11 Å². The zero-order valence-corrected chi connectivity index (χ0v) is 13.1. The molecule has 5 nitrogen and oxygen atoms in total. The van der Waals surface area contributed by atoms with Crippen LogP contribution in [0.1, 0.15) is 10.4 Å². The van der Waals surface area contributed by atoms with Crippen LogP contribution >= 0.6 is 11.6 Å².